The van der Waals surface area contributed by atoms with E-state index in [1.807, 2.05) is 23.2 Å². The number of fused-ring (bicyclic) bond motifs is 1. The van der Waals surface area contributed by atoms with Gasteiger partial charge in [-0.3, -0.25) is 4.79 Å². The van der Waals surface area contributed by atoms with Gasteiger partial charge in [0.1, 0.15) is 0 Å². The number of aromatic nitrogens is 1. The largest absolute Gasteiger partial charge is 0.361 e. The first-order valence-corrected chi connectivity index (χ1v) is 7.72. The summed E-state index contributed by atoms with van der Waals surface area (Å²) in [5, 5.41) is 4.69. The summed E-state index contributed by atoms with van der Waals surface area (Å²) >= 11 is 0. The lowest BCUT2D eigenvalue weighted by molar-refractivity contribution is -0.132. The van der Waals surface area contributed by atoms with Crippen molar-refractivity contribution >= 4 is 16.8 Å². The zero-order chi connectivity index (χ0) is 14.8. The lowest BCUT2D eigenvalue weighted by Gasteiger charge is -2.36. The smallest absolute Gasteiger partial charge is 0.223 e. The lowest BCUT2D eigenvalue weighted by atomic mass is 10.1. The standard InChI is InChI=1S/C17H23N3O/c1-12-10-20(11-13(2)19-12)17(21)8-7-14-9-18-16-6-4-3-5-15(14)16/h3-6,9,12-13,18-19H,7-8,10-11H2,1-2H3. The molecule has 1 aromatic carbocycles. The summed E-state index contributed by atoms with van der Waals surface area (Å²) in [6.45, 7) is 5.90. The van der Waals surface area contributed by atoms with Crippen LogP contribution in [0.25, 0.3) is 10.9 Å². The summed E-state index contributed by atoms with van der Waals surface area (Å²) in [4.78, 5) is 17.7. The van der Waals surface area contributed by atoms with Gasteiger partial charge in [0.25, 0.3) is 0 Å². The number of para-hydroxylation sites is 1. The minimum Gasteiger partial charge on any atom is -0.361 e. The molecule has 2 atom stereocenters. The third kappa shape index (κ3) is 3.10. The molecule has 2 aromatic rings. The molecule has 0 bridgehead atoms. The first kappa shape index (κ1) is 14.1. The number of amides is 1. The Kier molecular flexibility index (Phi) is 3.97. The molecule has 1 aliphatic rings. The molecule has 112 valence electrons. The fourth-order valence-electron chi connectivity index (χ4n) is 3.27. The van der Waals surface area contributed by atoms with Gasteiger partial charge in [-0.1, -0.05) is 18.2 Å². The van der Waals surface area contributed by atoms with Crippen molar-refractivity contribution in [2.75, 3.05) is 13.1 Å². The minimum atomic E-state index is 0.264. The van der Waals surface area contributed by atoms with Crippen LogP contribution in [0.1, 0.15) is 25.8 Å². The molecule has 3 rings (SSSR count). The fourth-order valence-corrected chi connectivity index (χ4v) is 3.27. The normalized spacial score (nSPS) is 22.7. The van der Waals surface area contributed by atoms with E-state index < -0.39 is 0 Å². The molecule has 21 heavy (non-hydrogen) atoms. The predicted molar refractivity (Wildman–Crippen MR) is 85.3 cm³/mol. The molecule has 0 radical (unpaired) electrons. The van der Waals surface area contributed by atoms with Crippen LogP contribution < -0.4 is 5.32 Å². The van der Waals surface area contributed by atoms with E-state index in [-0.39, 0.29) is 5.91 Å². The first-order valence-electron chi connectivity index (χ1n) is 7.72. The Hall–Kier alpha value is -1.81. The molecule has 1 fully saturated rings. The number of carbonyl (C=O) groups is 1. The van der Waals surface area contributed by atoms with Crippen LogP contribution in [0.5, 0.6) is 0 Å². The second-order valence-electron chi connectivity index (χ2n) is 6.13. The van der Waals surface area contributed by atoms with Crippen LogP contribution in [0.3, 0.4) is 0 Å². The zero-order valence-electron chi connectivity index (χ0n) is 12.7. The Labute approximate surface area is 125 Å². The van der Waals surface area contributed by atoms with E-state index in [9.17, 15) is 4.79 Å². The molecule has 2 N–H and O–H groups in total. The van der Waals surface area contributed by atoms with Gasteiger partial charge < -0.3 is 15.2 Å². The van der Waals surface area contributed by atoms with Crippen molar-refractivity contribution in [3.63, 3.8) is 0 Å². The first-order chi connectivity index (χ1) is 10.1. The van der Waals surface area contributed by atoms with Crippen molar-refractivity contribution in [1.29, 1.82) is 0 Å². The molecule has 0 aliphatic carbocycles. The van der Waals surface area contributed by atoms with Crippen LogP contribution in [-0.4, -0.2) is 41.0 Å². The number of hydrogen-bond donors (Lipinski definition) is 2. The number of nitrogens with zero attached hydrogens (tertiary/aromatic N) is 1. The molecule has 2 unspecified atom stereocenters. The van der Waals surface area contributed by atoms with Crippen LogP contribution in [-0.2, 0) is 11.2 Å². The van der Waals surface area contributed by atoms with Crippen molar-refractivity contribution < 1.29 is 4.79 Å². The van der Waals surface area contributed by atoms with E-state index in [0.717, 1.165) is 25.0 Å². The van der Waals surface area contributed by atoms with Gasteiger partial charge in [-0.05, 0) is 31.9 Å². The molecule has 4 nitrogen and oxygen atoms in total. The molecule has 2 heterocycles. The summed E-state index contributed by atoms with van der Waals surface area (Å²) < 4.78 is 0. The topological polar surface area (TPSA) is 48.1 Å². The van der Waals surface area contributed by atoms with Crippen molar-refractivity contribution in [1.82, 2.24) is 15.2 Å². The van der Waals surface area contributed by atoms with E-state index in [1.54, 1.807) is 0 Å². The van der Waals surface area contributed by atoms with Crippen molar-refractivity contribution in [2.24, 2.45) is 0 Å². The van der Waals surface area contributed by atoms with Gasteiger partial charge in [-0.15, -0.1) is 0 Å². The fraction of sp³-hybridized carbons (Fsp3) is 0.471. The number of aryl methyl sites for hydroxylation is 1. The summed E-state index contributed by atoms with van der Waals surface area (Å²) in [6.07, 6.45) is 3.41. The van der Waals surface area contributed by atoms with Gasteiger partial charge >= 0.3 is 0 Å². The summed E-state index contributed by atoms with van der Waals surface area (Å²) in [7, 11) is 0. The maximum absolute atomic E-state index is 12.4. The predicted octanol–water partition coefficient (Wildman–Crippen LogP) is 2.31. The summed E-state index contributed by atoms with van der Waals surface area (Å²) in [5.74, 6) is 0.264. The van der Waals surface area contributed by atoms with Crippen molar-refractivity contribution in [2.45, 2.75) is 38.8 Å². The van der Waals surface area contributed by atoms with Gasteiger partial charge in [-0.25, -0.2) is 0 Å². The number of carbonyl (C=O) groups excluding carboxylic acids is 1. The van der Waals surface area contributed by atoms with Gasteiger partial charge in [0, 0.05) is 48.7 Å². The molecular formula is C17H23N3O. The maximum atomic E-state index is 12.4. The lowest BCUT2D eigenvalue weighted by Crippen LogP contribution is -2.55. The second kappa shape index (κ2) is 5.90. The van der Waals surface area contributed by atoms with E-state index in [2.05, 4.69) is 36.3 Å². The summed E-state index contributed by atoms with van der Waals surface area (Å²) in [6, 6.07) is 9.01. The third-order valence-corrected chi connectivity index (χ3v) is 4.19. The van der Waals surface area contributed by atoms with Gasteiger partial charge in [0.2, 0.25) is 5.91 Å². The minimum absolute atomic E-state index is 0.264. The zero-order valence-corrected chi connectivity index (χ0v) is 12.7. The molecule has 4 heteroatoms. The van der Waals surface area contributed by atoms with Crippen molar-refractivity contribution in [3.8, 4) is 0 Å². The number of aromatic amines is 1. The van der Waals surface area contributed by atoms with Gasteiger partial charge in [0.15, 0.2) is 0 Å². The maximum Gasteiger partial charge on any atom is 0.223 e. The Morgan fingerprint density at radius 2 is 1.95 bits per heavy atom. The number of piperazine rings is 1. The Morgan fingerprint density at radius 3 is 2.71 bits per heavy atom. The van der Waals surface area contributed by atoms with Gasteiger partial charge in [0.05, 0.1) is 0 Å². The Balaban J connectivity index is 1.63. The van der Waals surface area contributed by atoms with Crippen molar-refractivity contribution in [3.05, 3.63) is 36.0 Å². The summed E-state index contributed by atoms with van der Waals surface area (Å²) in [5.41, 5.74) is 2.37. The van der Waals surface area contributed by atoms with Crippen LogP contribution in [0.2, 0.25) is 0 Å². The molecular weight excluding hydrogens is 262 g/mol. The number of benzene rings is 1. The van der Waals surface area contributed by atoms with Crippen LogP contribution >= 0.6 is 0 Å². The highest BCUT2D eigenvalue weighted by Crippen LogP contribution is 2.19. The van der Waals surface area contributed by atoms with Crippen LogP contribution in [0.15, 0.2) is 30.5 Å². The quantitative estimate of drug-likeness (QED) is 0.909. The average Bonchev–Trinajstić information content (AvgIpc) is 2.87. The number of rotatable bonds is 3. The second-order valence-corrected chi connectivity index (χ2v) is 6.13. The number of nitrogens with one attached hydrogen (secondary N) is 2. The van der Waals surface area contributed by atoms with Gasteiger partial charge in [-0.2, -0.15) is 0 Å². The van der Waals surface area contributed by atoms with E-state index in [0.29, 0.717) is 18.5 Å². The number of hydrogen-bond acceptors (Lipinski definition) is 2. The van der Waals surface area contributed by atoms with E-state index in [4.69, 9.17) is 0 Å². The molecule has 1 aromatic heterocycles. The number of H-pyrrole nitrogens is 1. The monoisotopic (exact) mass is 285 g/mol. The van der Waals surface area contributed by atoms with E-state index in [1.165, 1.54) is 10.9 Å². The SMILES string of the molecule is CC1CN(C(=O)CCc2c[nH]c3ccccc23)CC(C)N1. The molecule has 1 aliphatic heterocycles. The Bertz CT molecular complexity index is 624. The highest BCUT2D eigenvalue weighted by atomic mass is 16.2. The highest BCUT2D eigenvalue weighted by Gasteiger charge is 2.24. The molecule has 1 saturated heterocycles. The van der Waals surface area contributed by atoms with Crippen LogP contribution in [0.4, 0.5) is 0 Å². The molecule has 0 saturated carbocycles. The average molecular weight is 285 g/mol. The van der Waals surface area contributed by atoms with E-state index >= 15 is 0 Å². The Morgan fingerprint density at radius 1 is 1.24 bits per heavy atom. The molecule has 1 amide bonds. The van der Waals surface area contributed by atoms with Crippen LogP contribution in [0, 0.1) is 0 Å². The third-order valence-electron chi connectivity index (χ3n) is 4.19. The molecule has 0 spiro atoms. The highest BCUT2D eigenvalue weighted by molar-refractivity contribution is 5.84.